The second kappa shape index (κ2) is 6.85. The quantitative estimate of drug-likeness (QED) is 0.705. The Labute approximate surface area is 97.2 Å². The number of ether oxygens (including phenoxy) is 2. The molecule has 0 radical (unpaired) electrons. The Morgan fingerprint density at radius 1 is 1.62 bits per heavy atom. The predicted octanol–water partition coefficient (Wildman–Crippen LogP) is 1.97. The van der Waals surface area contributed by atoms with Crippen LogP contribution in [0.4, 0.5) is 0 Å². The minimum atomic E-state index is -1.01. The van der Waals surface area contributed by atoms with E-state index in [1.54, 1.807) is 7.11 Å². The average molecular weight is 227 g/mol. The van der Waals surface area contributed by atoms with Crippen LogP contribution in [-0.2, 0) is 9.47 Å². The summed E-state index contributed by atoms with van der Waals surface area (Å²) in [6.45, 7) is 0.515. The molecule has 1 aliphatic rings. The molecule has 1 fully saturated rings. The maximum absolute atomic E-state index is 10.2. The third kappa shape index (κ3) is 4.48. The lowest BCUT2D eigenvalue weighted by Crippen LogP contribution is -2.41. The van der Waals surface area contributed by atoms with Crippen molar-refractivity contribution in [3.8, 4) is 6.07 Å². The first-order chi connectivity index (χ1) is 7.70. The summed E-state index contributed by atoms with van der Waals surface area (Å²) >= 11 is 0. The molecule has 0 amide bonds. The molecule has 1 rings (SSSR count). The number of hydrogen-bond donors (Lipinski definition) is 1. The summed E-state index contributed by atoms with van der Waals surface area (Å²) in [6.07, 6.45) is 5.56. The molecule has 1 unspecified atom stereocenters. The van der Waals surface area contributed by atoms with Crippen LogP contribution in [0.2, 0.25) is 0 Å². The Bertz CT molecular complexity index is 239. The van der Waals surface area contributed by atoms with Gasteiger partial charge in [0.25, 0.3) is 0 Å². The minimum absolute atomic E-state index is 0.101. The van der Waals surface area contributed by atoms with E-state index in [-0.39, 0.29) is 6.10 Å². The molecule has 0 aromatic carbocycles. The van der Waals surface area contributed by atoms with Gasteiger partial charge in [-0.1, -0.05) is 0 Å². The van der Waals surface area contributed by atoms with Crippen molar-refractivity contribution in [3.05, 3.63) is 0 Å². The second-order valence-electron chi connectivity index (χ2n) is 4.37. The SMILES string of the molecule is COCCC1(O)CCC[C@@H](CCCC#N)O1. The van der Waals surface area contributed by atoms with E-state index in [1.165, 1.54) is 0 Å². The maximum atomic E-state index is 10.2. The highest BCUT2D eigenvalue weighted by Crippen LogP contribution is 2.31. The number of nitriles is 1. The minimum Gasteiger partial charge on any atom is -0.384 e. The van der Waals surface area contributed by atoms with Gasteiger partial charge in [-0.25, -0.2) is 0 Å². The number of aliphatic hydroxyl groups is 1. The fourth-order valence-corrected chi connectivity index (χ4v) is 2.09. The van der Waals surface area contributed by atoms with Gasteiger partial charge in [-0.15, -0.1) is 0 Å². The molecule has 1 N–H and O–H groups in total. The van der Waals surface area contributed by atoms with Crippen molar-refractivity contribution in [3.63, 3.8) is 0 Å². The van der Waals surface area contributed by atoms with E-state index >= 15 is 0 Å². The van der Waals surface area contributed by atoms with Gasteiger partial charge in [0, 0.05) is 26.4 Å². The number of rotatable bonds is 6. The molecule has 0 bridgehead atoms. The van der Waals surface area contributed by atoms with Crippen molar-refractivity contribution in [2.24, 2.45) is 0 Å². The molecule has 2 atom stereocenters. The van der Waals surface area contributed by atoms with Gasteiger partial charge >= 0.3 is 0 Å². The van der Waals surface area contributed by atoms with E-state index in [2.05, 4.69) is 6.07 Å². The van der Waals surface area contributed by atoms with Crippen LogP contribution in [0.25, 0.3) is 0 Å². The Balaban J connectivity index is 2.31. The number of unbranched alkanes of at least 4 members (excludes halogenated alkanes) is 1. The maximum Gasteiger partial charge on any atom is 0.167 e. The van der Waals surface area contributed by atoms with Crippen molar-refractivity contribution >= 4 is 0 Å². The molecule has 1 aliphatic heterocycles. The van der Waals surface area contributed by atoms with Crippen molar-refractivity contribution in [2.45, 2.75) is 56.8 Å². The lowest BCUT2D eigenvalue weighted by molar-refractivity contribution is -0.261. The Kier molecular flexibility index (Phi) is 5.75. The third-order valence-corrected chi connectivity index (χ3v) is 2.99. The zero-order valence-corrected chi connectivity index (χ0v) is 9.95. The normalized spacial score (nSPS) is 29.9. The molecule has 4 heteroatoms. The Morgan fingerprint density at radius 3 is 3.12 bits per heavy atom. The van der Waals surface area contributed by atoms with E-state index < -0.39 is 5.79 Å². The van der Waals surface area contributed by atoms with Crippen molar-refractivity contribution in [1.82, 2.24) is 0 Å². The Hall–Kier alpha value is -0.630. The van der Waals surface area contributed by atoms with Crippen LogP contribution in [0.15, 0.2) is 0 Å². The zero-order valence-electron chi connectivity index (χ0n) is 9.95. The zero-order chi connectivity index (χ0) is 11.9. The largest absolute Gasteiger partial charge is 0.384 e. The molecule has 1 heterocycles. The van der Waals surface area contributed by atoms with Gasteiger partial charge in [-0.3, -0.25) is 0 Å². The molecule has 0 aromatic rings. The lowest BCUT2D eigenvalue weighted by atomic mass is 9.96. The standard InChI is InChI=1S/C12H21NO3/c1-15-10-8-12(14)7-4-6-11(16-12)5-2-3-9-13/h11,14H,2-8,10H2,1H3/t11-,12?/m1/s1. The topological polar surface area (TPSA) is 62.5 Å². The van der Waals surface area contributed by atoms with Crippen molar-refractivity contribution < 1.29 is 14.6 Å². The van der Waals surface area contributed by atoms with E-state index in [4.69, 9.17) is 14.7 Å². The molecule has 16 heavy (non-hydrogen) atoms. The van der Waals surface area contributed by atoms with Crippen LogP contribution in [-0.4, -0.2) is 30.7 Å². The van der Waals surface area contributed by atoms with Crippen LogP contribution >= 0.6 is 0 Å². The van der Waals surface area contributed by atoms with Crippen molar-refractivity contribution in [2.75, 3.05) is 13.7 Å². The number of hydrogen-bond acceptors (Lipinski definition) is 4. The van der Waals surface area contributed by atoms with Crippen LogP contribution in [0.5, 0.6) is 0 Å². The monoisotopic (exact) mass is 227 g/mol. The number of nitrogens with zero attached hydrogens (tertiary/aromatic N) is 1. The summed E-state index contributed by atoms with van der Waals surface area (Å²) < 4.78 is 10.6. The Morgan fingerprint density at radius 2 is 2.44 bits per heavy atom. The van der Waals surface area contributed by atoms with E-state index in [0.29, 0.717) is 25.9 Å². The first kappa shape index (κ1) is 13.4. The van der Waals surface area contributed by atoms with Gasteiger partial charge in [0.1, 0.15) is 0 Å². The van der Waals surface area contributed by atoms with Crippen LogP contribution < -0.4 is 0 Å². The van der Waals surface area contributed by atoms with Crippen LogP contribution in [0, 0.1) is 11.3 Å². The highest BCUT2D eigenvalue weighted by atomic mass is 16.6. The molecule has 92 valence electrons. The fourth-order valence-electron chi connectivity index (χ4n) is 2.09. The summed E-state index contributed by atoms with van der Waals surface area (Å²) in [5, 5.41) is 18.6. The molecular formula is C12H21NO3. The number of methoxy groups -OCH3 is 1. The second-order valence-corrected chi connectivity index (χ2v) is 4.37. The summed E-state index contributed by atoms with van der Waals surface area (Å²) in [4.78, 5) is 0. The van der Waals surface area contributed by atoms with E-state index in [1.807, 2.05) is 0 Å². The average Bonchev–Trinajstić information content (AvgIpc) is 2.27. The van der Waals surface area contributed by atoms with Gasteiger partial charge in [0.05, 0.1) is 18.8 Å². The summed E-state index contributed by atoms with van der Waals surface area (Å²) in [5.41, 5.74) is 0. The molecule has 1 saturated heterocycles. The van der Waals surface area contributed by atoms with Crippen molar-refractivity contribution in [1.29, 1.82) is 5.26 Å². The predicted molar refractivity (Wildman–Crippen MR) is 59.6 cm³/mol. The van der Waals surface area contributed by atoms with Crippen LogP contribution in [0.3, 0.4) is 0 Å². The fraction of sp³-hybridized carbons (Fsp3) is 0.917. The molecule has 4 nitrogen and oxygen atoms in total. The lowest BCUT2D eigenvalue weighted by Gasteiger charge is -2.37. The molecule has 0 spiro atoms. The van der Waals surface area contributed by atoms with E-state index in [0.717, 1.165) is 25.7 Å². The van der Waals surface area contributed by atoms with Gasteiger partial charge in [-0.2, -0.15) is 5.26 Å². The summed E-state index contributed by atoms with van der Waals surface area (Å²) in [7, 11) is 1.62. The van der Waals surface area contributed by atoms with Gasteiger partial charge in [0.15, 0.2) is 5.79 Å². The molecule has 0 aromatic heterocycles. The highest BCUT2D eigenvalue weighted by molar-refractivity contribution is 4.78. The molecule has 0 saturated carbocycles. The van der Waals surface area contributed by atoms with Gasteiger partial charge in [0.2, 0.25) is 0 Å². The van der Waals surface area contributed by atoms with Crippen LogP contribution in [0.1, 0.15) is 44.9 Å². The first-order valence-electron chi connectivity index (χ1n) is 5.96. The van der Waals surface area contributed by atoms with Gasteiger partial charge < -0.3 is 14.6 Å². The highest BCUT2D eigenvalue weighted by Gasteiger charge is 2.34. The molecule has 0 aliphatic carbocycles. The molecular weight excluding hydrogens is 206 g/mol. The summed E-state index contributed by atoms with van der Waals surface area (Å²) in [6, 6.07) is 2.12. The first-order valence-corrected chi connectivity index (χ1v) is 5.96. The third-order valence-electron chi connectivity index (χ3n) is 2.99. The van der Waals surface area contributed by atoms with E-state index in [9.17, 15) is 5.11 Å². The smallest absolute Gasteiger partial charge is 0.167 e. The van der Waals surface area contributed by atoms with Gasteiger partial charge in [-0.05, 0) is 25.7 Å². The summed E-state index contributed by atoms with van der Waals surface area (Å²) in [5.74, 6) is -1.01.